The molecule has 1 heterocycles. The van der Waals surface area contributed by atoms with E-state index in [1.807, 2.05) is 38.1 Å². The van der Waals surface area contributed by atoms with Gasteiger partial charge in [-0.2, -0.15) is 0 Å². The fraction of sp³-hybridized carbons (Fsp3) is 0.412. The Balaban J connectivity index is 2.24. The summed E-state index contributed by atoms with van der Waals surface area (Å²) in [5.74, 6) is 1.37. The topological polar surface area (TPSA) is 37.8 Å². The smallest absolute Gasteiger partial charge is 0.159 e. The van der Waals surface area contributed by atoms with Crippen molar-refractivity contribution in [3.05, 3.63) is 46.2 Å². The monoisotopic (exact) mass is 303 g/mol. The summed E-state index contributed by atoms with van der Waals surface area (Å²) in [4.78, 5) is 9.27. The van der Waals surface area contributed by atoms with E-state index in [1.54, 1.807) is 0 Å². The lowest BCUT2D eigenvalue weighted by atomic mass is 10.1. The molecule has 2 aromatic rings. The third-order valence-electron chi connectivity index (χ3n) is 3.36. The normalized spacial score (nSPS) is 11.1. The standard InChI is InChI=1S/C17H22ClN3/c1-11(2)9-19-10-16-12(3)20-17(21-13(16)4)14-6-5-7-15(18)8-14/h5-8,11,19H,9-10H2,1-4H3. The Bertz CT molecular complexity index is 600. The van der Waals surface area contributed by atoms with Crippen LogP contribution in [0.5, 0.6) is 0 Å². The van der Waals surface area contributed by atoms with Crippen LogP contribution in [0.25, 0.3) is 11.4 Å². The van der Waals surface area contributed by atoms with Gasteiger partial charge in [-0.3, -0.25) is 0 Å². The van der Waals surface area contributed by atoms with Crippen molar-refractivity contribution in [2.24, 2.45) is 5.92 Å². The van der Waals surface area contributed by atoms with Crippen molar-refractivity contribution in [1.82, 2.24) is 15.3 Å². The van der Waals surface area contributed by atoms with Gasteiger partial charge in [0, 0.05) is 34.1 Å². The first kappa shape index (κ1) is 15.9. The van der Waals surface area contributed by atoms with Gasteiger partial charge in [-0.25, -0.2) is 9.97 Å². The third kappa shape index (κ3) is 4.26. The van der Waals surface area contributed by atoms with E-state index >= 15 is 0 Å². The van der Waals surface area contributed by atoms with Crippen LogP contribution in [0.4, 0.5) is 0 Å². The molecule has 0 aliphatic rings. The Morgan fingerprint density at radius 2 is 1.81 bits per heavy atom. The molecule has 112 valence electrons. The highest BCUT2D eigenvalue weighted by Gasteiger charge is 2.10. The zero-order valence-corrected chi connectivity index (χ0v) is 13.8. The molecule has 4 heteroatoms. The van der Waals surface area contributed by atoms with Crippen LogP contribution in [-0.2, 0) is 6.54 Å². The number of hydrogen-bond donors (Lipinski definition) is 1. The molecule has 1 aromatic carbocycles. The molecule has 0 bridgehead atoms. The zero-order chi connectivity index (χ0) is 15.4. The molecule has 1 N–H and O–H groups in total. The van der Waals surface area contributed by atoms with E-state index in [0.717, 1.165) is 35.9 Å². The SMILES string of the molecule is Cc1nc(-c2cccc(Cl)c2)nc(C)c1CNCC(C)C. The molecule has 3 nitrogen and oxygen atoms in total. The highest BCUT2D eigenvalue weighted by Crippen LogP contribution is 2.21. The van der Waals surface area contributed by atoms with Gasteiger partial charge in [0.1, 0.15) is 0 Å². The maximum atomic E-state index is 6.04. The first-order valence-electron chi connectivity index (χ1n) is 7.28. The Morgan fingerprint density at radius 3 is 2.38 bits per heavy atom. The summed E-state index contributed by atoms with van der Waals surface area (Å²) in [5.41, 5.74) is 4.18. The molecule has 0 atom stereocenters. The Kier molecular flexibility index (Phi) is 5.32. The number of halogens is 1. The van der Waals surface area contributed by atoms with Crippen molar-refractivity contribution in [3.63, 3.8) is 0 Å². The van der Waals surface area contributed by atoms with Gasteiger partial charge in [0.2, 0.25) is 0 Å². The molecule has 21 heavy (non-hydrogen) atoms. The van der Waals surface area contributed by atoms with Gasteiger partial charge in [-0.15, -0.1) is 0 Å². The molecule has 1 aromatic heterocycles. The van der Waals surface area contributed by atoms with Gasteiger partial charge >= 0.3 is 0 Å². The average molecular weight is 304 g/mol. The molecular weight excluding hydrogens is 282 g/mol. The van der Waals surface area contributed by atoms with Crippen molar-refractivity contribution in [2.75, 3.05) is 6.54 Å². The second-order valence-corrected chi connectivity index (χ2v) is 6.17. The molecule has 0 radical (unpaired) electrons. The molecule has 0 spiro atoms. The van der Waals surface area contributed by atoms with Crippen LogP contribution in [0, 0.1) is 19.8 Å². The minimum atomic E-state index is 0.636. The van der Waals surface area contributed by atoms with E-state index in [-0.39, 0.29) is 0 Å². The van der Waals surface area contributed by atoms with Crippen molar-refractivity contribution < 1.29 is 0 Å². The van der Waals surface area contributed by atoms with Crippen LogP contribution in [0.15, 0.2) is 24.3 Å². The summed E-state index contributed by atoms with van der Waals surface area (Å²) in [6, 6.07) is 7.65. The fourth-order valence-corrected chi connectivity index (χ4v) is 2.43. The second-order valence-electron chi connectivity index (χ2n) is 5.73. The molecule has 0 amide bonds. The van der Waals surface area contributed by atoms with E-state index in [2.05, 4.69) is 29.1 Å². The minimum Gasteiger partial charge on any atom is -0.312 e. The van der Waals surface area contributed by atoms with Crippen LogP contribution in [0.2, 0.25) is 5.02 Å². The number of aromatic nitrogens is 2. The Morgan fingerprint density at radius 1 is 1.14 bits per heavy atom. The van der Waals surface area contributed by atoms with E-state index in [1.165, 1.54) is 5.56 Å². The summed E-state index contributed by atoms with van der Waals surface area (Å²) in [6.07, 6.45) is 0. The van der Waals surface area contributed by atoms with E-state index in [4.69, 9.17) is 11.6 Å². The Labute approximate surface area is 131 Å². The number of benzene rings is 1. The quantitative estimate of drug-likeness (QED) is 0.901. The van der Waals surface area contributed by atoms with Crippen molar-refractivity contribution in [1.29, 1.82) is 0 Å². The predicted octanol–water partition coefficient (Wildman–Crippen LogP) is 4.16. The second kappa shape index (κ2) is 7.01. The molecule has 0 saturated heterocycles. The summed E-state index contributed by atoms with van der Waals surface area (Å²) >= 11 is 6.04. The lowest BCUT2D eigenvalue weighted by molar-refractivity contribution is 0.549. The first-order valence-corrected chi connectivity index (χ1v) is 7.66. The fourth-order valence-electron chi connectivity index (χ4n) is 2.24. The summed E-state index contributed by atoms with van der Waals surface area (Å²) in [7, 11) is 0. The van der Waals surface area contributed by atoms with E-state index in [0.29, 0.717) is 10.9 Å². The molecule has 2 rings (SSSR count). The first-order chi connectivity index (χ1) is 9.97. The van der Waals surface area contributed by atoms with E-state index < -0.39 is 0 Å². The van der Waals surface area contributed by atoms with Gasteiger partial charge in [0.15, 0.2) is 5.82 Å². The summed E-state index contributed by atoms with van der Waals surface area (Å²) in [5, 5.41) is 4.15. The summed E-state index contributed by atoms with van der Waals surface area (Å²) in [6.45, 7) is 10.3. The lowest BCUT2D eigenvalue weighted by Crippen LogP contribution is -2.21. The van der Waals surface area contributed by atoms with Gasteiger partial charge < -0.3 is 5.32 Å². The van der Waals surface area contributed by atoms with E-state index in [9.17, 15) is 0 Å². The van der Waals surface area contributed by atoms with Crippen molar-refractivity contribution in [2.45, 2.75) is 34.2 Å². The molecular formula is C17H22ClN3. The average Bonchev–Trinajstić information content (AvgIpc) is 2.41. The summed E-state index contributed by atoms with van der Waals surface area (Å²) < 4.78 is 0. The molecule has 0 aliphatic carbocycles. The maximum absolute atomic E-state index is 6.04. The number of rotatable bonds is 5. The van der Waals surface area contributed by atoms with Gasteiger partial charge in [0.05, 0.1) is 0 Å². The van der Waals surface area contributed by atoms with Crippen LogP contribution < -0.4 is 5.32 Å². The molecule has 0 aliphatic heterocycles. The van der Waals surface area contributed by atoms with Crippen LogP contribution in [0.3, 0.4) is 0 Å². The lowest BCUT2D eigenvalue weighted by Gasteiger charge is -2.13. The van der Waals surface area contributed by atoms with Crippen LogP contribution in [0.1, 0.15) is 30.8 Å². The predicted molar refractivity (Wildman–Crippen MR) is 88.5 cm³/mol. The van der Waals surface area contributed by atoms with Gasteiger partial charge in [-0.1, -0.05) is 37.6 Å². The number of nitrogens with one attached hydrogen (secondary N) is 1. The van der Waals surface area contributed by atoms with Gasteiger partial charge in [-0.05, 0) is 38.4 Å². The minimum absolute atomic E-state index is 0.636. The Hall–Kier alpha value is -1.45. The number of aryl methyl sites for hydroxylation is 2. The van der Waals surface area contributed by atoms with Crippen molar-refractivity contribution >= 4 is 11.6 Å². The van der Waals surface area contributed by atoms with Crippen LogP contribution >= 0.6 is 11.6 Å². The number of hydrogen-bond acceptors (Lipinski definition) is 3. The highest BCUT2D eigenvalue weighted by atomic mass is 35.5. The van der Waals surface area contributed by atoms with Gasteiger partial charge in [0.25, 0.3) is 0 Å². The molecule has 0 unspecified atom stereocenters. The van der Waals surface area contributed by atoms with Crippen LogP contribution in [-0.4, -0.2) is 16.5 Å². The highest BCUT2D eigenvalue weighted by molar-refractivity contribution is 6.30. The molecule has 0 fully saturated rings. The van der Waals surface area contributed by atoms with Crippen molar-refractivity contribution in [3.8, 4) is 11.4 Å². The third-order valence-corrected chi connectivity index (χ3v) is 3.59. The largest absolute Gasteiger partial charge is 0.312 e. The zero-order valence-electron chi connectivity index (χ0n) is 13.1. The number of nitrogens with zero attached hydrogens (tertiary/aromatic N) is 2. The maximum Gasteiger partial charge on any atom is 0.159 e. The molecule has 0 saturated carbocycles.